The Hall–Kier alpha value is -5.84. The van der Waals surface area contributed by atoms with Crippen LogP contribution in [0.5, 0.6) is 11.8 Å². The van der Waals surface area contributed by atoms with Crippen molar-refractivity contribution in [3.8, 4) is 11.8 Å². The molecule has 20 nitrogen and oxygen atoms in total. The molecule has 2 aromatic carbocycles. The summed E-state index contributed by atoms with van der Waals surface area (Å²) in [6.45, 7) is 3.72. The van der Waals surface area contributed by atoms with E-state index in [1.54, 1.807) is 14.2 Å². The lowest BCUT2D eigenvalue weighted by molar-refractivity contribution is -0.118. The number of carbonyl (C=O) groups excluding carboxylic acids is 4. The molecule has 4 heterocycles. The first kappa shape index (κ1) is 45.3. The third kappa shape index (κ3) is 8.90. The molecule has 0 fully saturated rings. The number of amides is 6. The molecule has 10 rings (SSSR count). The van der Waals surface area contributed by atoms with E-state index in [-0.39, 0.29) is 47.0 Å². The van der Waals surface area contributed by atoms with Crippen molar-refractivity contribution in [2.24, 2.45) is 8.73 Å². The summed E-state index contributed by atoms with van der Waals surface area (Å²) in [5, 5.41) is 14.2. The van der Waals surface area contributed by atoms with Crippen LogP contribution in [0, 0.1) is 0 Å². The Morgan fingerprint density at radius 1 is 0.606 bits per heavy atom. The molecule has 4 atom stereocenters. The van der Waals surface area contributed by atoms with Gasteiger partial charge in [-0.1, -0.05) is 12.1 Å². The van der Waals surface area contributed by atoms with Crippen LogP contribution in [-0.2, 0) is 103 Å². The summed E-state index contributed by atoms with van der Waals surface area (Å²) in [5.74, 6) is -0.743. The van der Waals surface area contributed by atoms with E-state index < -0.39 is 43.7 Å². The molecule has 66 heavy (non-hydrogen) atoms. The topological polar surface area (TPSA) is 248 Å². The second kappa shape index (κ2) is 18.4. The molecule has 0 saturated heterocycles. The number of urea groups is 2. The Bertz CT molecular complexity index is 2650. The smallest absolute Gasteiger partial charge is 0.355 e. The minimum Gasteiger partial charge on any atom is -0.474 e. The van der Waals surface area contributed by atoms with E-state index in [0.29, 0.717) is 13.1 Å². The molecule has 4 aromatic rings. The molecule has 2 aliphatic heterocycles. The SMILES string of the molecule is CO[C@@H]1COc2c(S(=O)(=NC(=O)Nc3c4c(cc5c3CCC5)CCC4)NC(C)=O)cnn2C1.CO[C@@H]1COc2c(S(=O)(=NC(=O)Nc3c4c(cc5c3CCC5)CCC4)NC(C)=O)cnn2C1. The average Bonchev–Trinajstić information content (AvgIpc) is 4.14. The van der Waals surface area contributed by atoms with Crippen molar-refractivity contribution in [2.45, 2.75) is 126 Å². The van der Waals surface area contributed by atoms with E-state index in [0.717, 1.165) is 111 Å². The maximum absolute atomic E-state index is 13.8. The lowest BCUT2D eigenvalue weighted by Gasteiger charge is -2.23. The molecule has 22 heteroatoms. The number of anilines is 2. The molecule has 2 unspecified atom stereocenters. The second-order valence-corrected chi connectivity index (χ2v) is 21.0. The van der Waals surface area contributed by atoms with Crippen LogP contribution in [-0.4, -0.2) is 91.5 Å². The highest BCUT2D eigenvalue weighted by atomic mass is 32.2. The number of fused-ring (bicyclic) bond motifs is 6. The fourth-order valence-electron chi connectivity index (χ4n) is 9.84. The first-order valence-electron chi connectivity index (χ1n) is 22.2. The third-order valence-corrected chi connectivity index (χ3v) is 16.5. The molecule has 0 radical (unpaired) electrons. The van der Waals surface area contributed by atoms with Gasteiger partial charge in [0.1, 0.15) is 35.2 Å². The molecule has 6 amide bonds. The van der Waals surface area contributed by atoms with Gasteiger partial charge in [-0.2, -0.15) is 10.2 Å². The predicted molar refractivity (Wildman–Crippen MR) is 241 cm³/mol. The summed E-state index contributed by atoms with van der Waals surface area (Å²) >= 11 is 0. The van der Waals surface area contributed by atoms with E-state index in [9.17, 15) is 27.6 Å². The minimum absolute atomic E-state index is 0.0610. The highest BCUT2D eigenvalue weighted by Crippen LogP contribution is 2.40. The molecule has 0 bridgehead atoms. The van der Waals surface area contributed by atoms with Gasteiger partial charge in [0.05, 0.1) is 25.5 Å². The molecule has 0 saturated carbocycles. The van der Waals surface area contributed by atoms with Crippen molar-refractivity contribution in [3.05, 3.63) is 69.0 Å². The van der Waals surface area contributed by atoms with Crippen molar-refractivity contribution < 1.29 is 46.5 Å². The van der Waals surface area contributed by atoms with E-state index in [4.69, 9.17) is 18.9 Å². The zero-order valence-electron chi connectivity index (χ0n) is 37.4. The number of aromatic nitrogens is 4. The van der Waals surface area contributed by atoms with Gasteiger partial charge < -0.3 is 29.6 Å². The van der Waals surface area contributed by atoms with E-state index in [1.807, 2.05) is 0 Å². The molecular formula is C44H54N10O10S2. The summed E-state index contributed by atoms with van der Waals surface area (Å²) in [6.07, 6.45) is 14.0. The van der Waals surface area contributed by atoms with Crippen LogP contribution in [0.25, 0.3) is 0 Å². The number of aryl methyl sites for hydroxylation is 4. The molecule has 2 aromatic heterocycles. The number of rotatable bonds is 8. The zero-order chi connectivity index (χ0) is 46.3. The molecule has 0 spiro atoms. The van der Waals surface area contributed by atoms with E-state index in [2.05, 4.69) is 51.1 Å². The minimum atomic E-state index is -3.67. The van der Waals surface area contributed by atoms with Gasteiger partial charge in [0.15, 0.2) is 19.8 Å². The summed E-state index contributed by atoms with van der Waals surface area (Å²) in [5.41, 5.74) is 11.2. The van der Waals surface area contributed by atoms with Gasteiger partial charge in [-0.3, -0.25) is 19.0 Å². The maximum atomic E-state index is 13.8. The van der Waals surface area contributed by atoms with Crippen molar-refractivity contribution in [2.75, 3.05) is 38.1 Å². The summed E-state index contributed by atoms with van der Waals surface area (Å²) < 4.78 is 65.3. The molecule has 4 aliphatic carbocycles. The van der Waals surface area contributed by atoms with Crippen LogP contribution in [0.3, 0.4) is 0 Å². The first-order valence-corrected chi connectivity index (χ1v) is 25.3. The molecule has 352 valence electrons. The molecule has 6 aliphatic rings. The number of ether oxygens (including phenoxy) is 4. The Balaban J connectivity index is 0.000000166. The van der Waals surface area contributed by atoms with Crippen LogP contribution in [0.1, 0.15) is 84.0 Å². The number of nitrogens with zero attached hydrogens (tertiary/aromatic N) is 6. The third-order valence-electron chi connectivity index (χ3n) is 12.7. The quantitative estimate of drug-likeness (QED) is 0.187. The number of benzene rings is 2. The predicted octanol–water partition coefficient (Wildman–Crippen LogP) is 4.76. The van der Waals surface area contributed by atoms with Gasteiger partial charge in [-0.15, -0.1) is 8.73 Å². The van der Waals surface area contributed by atoms with Crippen molar-refractivity contribution in [1.29, 1.82) is 0 Å². The number of hydrogen-bond acceptors (Lipinski definition) is 12. The van der Waals surface area contributed by atoms with Crippen LogP contribution in [0.2, 0.25) is 0 Å². The number of hydrogen-bond donors (Lipinski definition) is 4. The first-order chi connectivity index (χ1) is 31.8. The van der Waals surface area contributed by atoms with Gasteiger partial charge in [-0.25, -0.2) is 27.4 Å². The van der Waals surface area contributed by atoms with Gasteiger partial charge >= 0.3 is 12.1 Å². The van der Waals surface area contributed by atoms with Crippen molar-refractivity contribution >= 4 is 55.1 Å². The fourth-order valence-corrected chi connectivity index (χ4v) is 12.9. The average molecular weight is 947 g/mol. The monoisotopic (exact) mass is 946 g/mol. The lowest BCUT2D eigenvalue weighted by atomic mass is 9.99. The Labute approximate surface area is 382 Å². The number of nitrogens with one attached hydrogen (secondary N) is 4. The van der Waals surface area contributed by atoms with E-state index >= 15 is 0 Å². The van der Waals surface area contributed by atoms with Crippen LogP contribution < -0.4 is 29.6 Å². The largest absolute Gasteiger partial charge is 0.474 e. The van der Waals surface area contributed by atoms with E-state index in [1.165, 1.54) is 57.9 Å². The van der Waals surface area contributed by atoms with Gasteiger partial charge in [0, 0.05) is 39.4 Å². The zero-order valence-corrected chi connectivity index (χ0v) is 39.0. The Morgan fingerprint density at radius 2 is 0.955 bits per heavy atom. The van der Waals surface area contributed by atoms with Crippen LogP contribution in [0.15, 0.2) is 43.0 Å². The van der Waals surface area contributed by atoms with Gasteiger partial charge in [0.25, 0.3) is 0 Å². The summed E-state index contributed by atoms with van der Waals surface area (Å²) in [4.78, 5) is 50.1. The highest BCUT2D eigenvalue weighted by Gasteiger charge is 2.33. The maximum Gasteiger partial charge on any atom is 0.355 e. The van der Waals surface area contributed by atoms with Crippen LogP contribution in [0.4, 0.5) is 21.0 Å². The summed E-state index contributed by atoms with van der Waals surface area (Å²) in [7, 11) is -4.20. The van der Waals surface area contributed by atoms with Crippen molar-refractivity contribution in [1.82, 2.24) is 29.0 Å². The fraction of sp³-hybridized carbons (Fsp3) is 0.500. The number of methoxy groups -OCH3 is 2. The lowest BCUT2D eigenvalue weighted by Crippen LogP contribution is -2.34. The van der Waals surface area contributed by atoms with Crippen molar-refractivity contribution in [3.63, 3.8) is 0 Å². The highest BCUT2D eigenvalue weighted by molar-refractivity contribution is 7.93. The summed E-state index contributed by atoms with van der Waals surface area (Å²) in [6, 6.07) is 2.99. The second-order valence-electron chi connectivity index (χ2n) is 17.2. The number of carbonyl (C=O) groups is 4. The Morgan fingerprint density at radius 3 is 1.27 bits per heavy atom. The van der Waals surface area contributed by atoms with Gasteiger partial charge in [0.2, 0.25) is 23.6 Å². The standard InChI is InChI=1S/2C22H27N5O5S/c2*1-13(28)25-33(30,19-10-23-27-11-16(31-2)12-32-21(19)27)26-22(29)24-20-17-7-3-5-14(17)9-15-6-4-8-18(15)20/h2*9-10,16H,3-8,11-12H2,1-2H3,(H2,24,25,26,28,29,30)/t2*16-,33?/m00/s1. The van der Waals surface area contributed by atoms with Crippen LogP contribution >= 0.6 is 0 Å². The Kier molecular flexibility index (Phi) is 12.7. The normalized spacial score (nSPS) is 20.1. The molecular weight excluding hydrogens is 893 g/mol. The van der Waals surface area contributed by atoms with Gasteiger partial charge in [-0.05, 0) is 122 Å². The molecule has 4 N–H and O–H groups in total.